The van der Waals surface area contributed by atoms with Gasteiger partial charge in [0.05, 0.1) is 12.5 Å². The van der Waals surface area contributed by atoms with Gasteiger partial charge in [-0.05, 0) is 48.5 Å². The van der Waals surface area contributed by atoms with Gasteiger partial charge in [0, 0.05) is 0 Å². The number of halogens is 2. The average molecular weight is 549 g/mol. The van der Waals surface area contributed by atoms with Crippen LogP contribution in [0.3, 0.4) is 0 Å². The first kappa shape index (κ1) is 21.2. The molecule has 0 atom stereocenters. The highest BCUT2D eigenvalue weighted by molar-refractivity contribution is 7.86. The van der Waals surface area contributed by atoms with Gasteiger partial charge < -0.3 is 25.3 Å². The van der Waals surface area contributed by atoms with Gasteiger partial charge in [-0.15, -0.1) is 0 Å². The Morgan fingerprint density at radius 1 is 0.667 bits per heavy atom. The van der Waals surface area contributed by atoms with Gasteiger partial charge in [0.1, 0.15) is 11.5 Å². The first-order valence-electron chi connectivity index (χ1n) is 6.25. The SMILES string of the molecule is CS(=O)(=O)Oc1ccc([I+]c2ccc(OS(C)(=O)=O)cc2)cc1.[Br-]. The summed E-state index contributed by atoms with van der Waals surface area (Å²) in [6.07, 6.45) is 1.99. The van der Waals surface area contributed by atoms with Crippen molar-refractivity contribution >= 4 is 20.2 Å². The van der Waals surface area contributed by atoms with Gasteiger partial charge in [-0.3, -0.25) is 0 Å². The van der Waals surface area contributed by atoms with Crippen molar-refractivity contribution in [3.05, 3.63) is 55.7 Å². The molecular formula is C14H14BrIO6S2. The van der Waals surface area contributed by atoms with Crippen molar-refractivity contribution in [2.75, 3.05) is 12.5 Å². The first-order chi connectivity index (χ1) is 10.6. The normalized spacial score (nSPS) is 11.4. The number of hydrogen-bond acceptors (Lipinski definition) is 6. The third kappa shape index (κ3) is 7.81. The summed E-state index contributed by atoms with van der Waals surface area (Å²) >= 11 is -0.475. The minimum absolute atomic E-state index is 0. The van der Waals surface area contributed by atoms with E-state index in [-0.39, 0.29) is 28.5 Å². The van der Waals surface area contributed by atoms with E-state index in [0.29, 0.717) is 0 Å². The van der Waals surface area contributed by atoms with Crippen molar-refractivity contribution < 1.29 is 63.4 Å². The van der Waals surface area contributed by atoms with Gasteiger partial charge in [0.2, 0.25) is 0 Å². The van der Waals surface area contributed by atoms with Crippen molar-refractivity contribution in [2.45, 2.75) is 0 Å². The third-order valence-electron chi connectivity index (χ3n) is 2.34. The van der Waals surface area contributed by atoms with Gasteiger partial charge in [-0.25, -0.2) is 0 Å². The largest absolute Gasteiger partial charge is 1.00 e. The number of benzene rings is 2. The molecule has 2 aromatic rings. The van der Waals surface area contributed by atoms with Gasteiger partial charge in [0.25, 0.3) is 0 Å². The van der Waals surface area contributed by atoms with Crippen molar-refractivity contribution in [3.8, 4) is 11.5 Å². The molecule has 2 aromatic carbocycles. The Kier molecular flexibility index (Phi) is 7.50. The number of rotatable bonds is 6. The first-order valence-corrected chi connectivity index (χ1v) is 12.0. The van der Waals surface area contributed by atoms with E-state index in [1.807, 2.05) is 24.3 Å². The molecule has 0 bridgehead atoms. The predicted molar refractivity (Wildman–Crippen MR) is 81.2 cm³/mol. The molecule has 0 N–H and O–H groups in total. The highest BCUT2D eigenvalue weighted by Crippen LogP contribution is 2.11. The van der Waals surface area contributed by atoms with Crippen LogP contribution in [0.1, 0.15) is 0 Å². The maximum Gasteiger partial charge on any atom is 0.357 e. The molecule has 132 valence electrons. The van der Waals surface area contributed by atoms with Crippen molar-refractivity contribution in [2.24, 2.45) is 0 Å². The monoisotopic (exact) mass is 548 g/mol. The Morgan fingerprint density at radius 2 is 0.958 bits per heavy atom. The molecule has 0 saturated carbocycles. The molecular weight excluding hydrogens is 535 g/mol. The molecule has 0 unspecified atom stereocenters. The van der Waals surface area contributed by atoms with Gasteiger partial charge >= 0.3 is 41.4 Å². The van der Waals surface area contributed by atoms with E-state index in [9.17, 15) is 16.8 Å². The molecule has 10 heteroatoms. The third-order valence-corrected chi connectivity index (χ3v) is 6.02. The molecule has 0 aliphatic carbocycles. The van der Waals surface area contributed by atoms with Crippen LogP contribution < -0.4 is 46.6 Å². The van der Waals surface area contributed by atoms with E-state index < -0.39 is 41.4 Å². The minimum atomic E-state index is -3.52. The molecule has 0 spiro atoms. The Bertz CT molecular complexity index is 802. The Labute approximate surface area is 162 Å². The molecule has 0 heterocycles. The lowest BCUT2D eigenvalue weighted by atomic mass is 10.3. The molecule has 2 rings (SSSR count). The summed E-state index contributed by atoms with van der Waals surface area (Å²) in [5, 5.41) is 0. The second-order valence-corrected chi connectivity index (χ2v) is 10.8. The van der Waals surface area contributed by atoms with Crippen LogP contribution in [-0.4, -0.2) is 29.3 Å². The van der Waals surface area contributed by atoms with Gasteiger partial charge in [-0.1, -0.05) is 0 Å². The van der Waals surface area contributed by atoms with Crippen LogP contribution in [-0.2, 0) is 20.2 Å². The van der Waals surface area contributed by atoms with E-state index in [2.05, 4.69) is 0 Å². The highest BCUT2D eigenvalue weighted by atomic mass is 127. The van der Waals surface area contributed by atoms with E-state index in [1.54, 1.807) is 24.3 Å². The summed E-state index contributed by atoms with van der Waals surface area (Å²) < 4.78 is 55.9. The van der Waals surface area contributed by atoms with Crippen LogP contribution in [0.15, 0.2) is 48.5 Å². The zero-order chi connectivity index (χ0) is 17.1. The van der Waals surface area contributed by atoms with Crippen LogP contribution >= 0.6 is 0 Å². The molecule has 6 nitrogen and oxygen atoms in total. The fraction of sp³-hybridized carbons (Fsp3) is 0.143. The lowest BCUT2D eigenvalue weighted by Gasteiger charge is -2.01. The Balaban J connectivity index is 0.00000288. The van der Waals surface area contributed by atoms with Crippen LogP contribution in [0.4, 0.5) is 0 Å². The Hall–Kier alpha value is -0.850. The van der Waals surface area contributed by atoms with Gasteiger partial charge in [0.15, 0.2) is 7.14 Å². The van der Waals surface area contributed by atoms with Crippen LogP contribution in [0.5, 0.6) is 11.5 Å². The zero-order valence-corrected chi connectivity index (χ0v) is 18.0. The van der Waals surface area contributed by atoms with E-state index >= 15 is 0 Å². The second-order valence-electron chi connectivity index (χ2n) is 4.58. The molecule has 0 amide bonds. The maximum atomic E-state index is 11.0. The average Bonchev–Trinajstić information content (AvgIpc) is 2.40. The molecule has 24 heavy (non-hydrogen) atoms. The summed E-state index contributed by atoms with van der Waals surface area (Å²) in [7, 11) is -7.05. The second kappa shape index (κ2) is 8.50. The summed E-state index contributed by atoms with van der Waals surface area (Å²) in [6, 6.07) is 13.7. The smallest absolute Gasteiger partial charge is 0.357 e. The lowest BCUT2D eigenvalue weighted by molar-refractivity contribution is -0.597. The van der Waals surface area contributed by atoms with E-state index in [4.69, 9.17) is 8.37 Å². The minimum Gasteiger partial charge on any atom is -1.00 e. The quantitative estimate of drug-likeness (QED) is 0.267. The maximum absolute atomic E-state index is 11.0. The van der Waals surface area contributed by atoms with Crippen LogP contribution in [0.2, 0.25) is 0 Å². The number of hydrogen-bond donors (Lipinski definition) is 0. The molecule has 0 fully saturated rings. The standard InChI is InChI=1S/C14H14IO6S2.BrH/c1-22(16,17)20-13-7-3-11(4-8-13)15-12-5-9-14(10-6-12)21-23(2,18)19;/h3-10H,1-2H3;1H/q+1;/p-1. The van der Waals surface area contributed by atoms with Crippen molar-refractivity contribution in [1.82, 2.24) is 0 Å². The molecule has 0 radical (unpaired) electrons. The predicted octanol–water partition coefficient (Wildman–Crippen LogP) is -4.50. The fourth-order valence-corrected chi connectivity index (χ4v) is 4.66. The fourth-order valence-electron chi connectivity index (χ4n) is 1.58. The van der Waals surface area contributed by atoms with E-state index in [0.717, 1.165) is 19.7 Å². The lowest BCUT2D eigenvalue weighted by Crippen LogP contribution is -3.61. The summed E-state index contributed by atoms with van der Waals surface area (Å²) in [5.74, 6) is 0.550. The highest BCUT2D eigenvalue weighted by Gasteiger charge is 2.16. The molecule has 0 aromatic heterocycles. The van der Waals surface area contributed by atoms with Crippen LogP contribution in [0, 0.1) is 7.14 Å². The summed E-state index contributed by atoms with van der Waals surface area (Å²) in [5.41, 5.74) is 0. The van der Waals surface area contributed by atoms with Crippen molar-refractivity contribution in [1.29, 1.82) is 0 Å². The van der Waals surface area contributed by atoms with Crippen molar-refractivity contribution in [3.63, 3.8) is 0 Å². The van der Waals surface area contributed by atoms with Crippen LogP contribution in [0.25, 0.3) is 0 Å². The summed E-state index contributed by atoms with van der Waals surface area (Å²) in [6.45, 7) is 0. The Morgan fingerprint density at radius 3 is 1.21 bits per heavy atom. The molecule has 0 aliphatic heterocycles. The molecule has 0 aliphatic rings. The summed E-state index contributed by atoms with van der Waals surface area (Å²) in [4.78, 5) is 0. The van der Waals surface area contributed by atoms with E-state index in [1.165, 1.54) is 0 Å². The topological polar surface area (TPSA) is 86.7 Å². The molecule has 0 saturated heterocycles. The zero-order valence-electron chi connectivity index (χ0n) is 12.6. The van der Waals surface area contributed by atoms with Gasteiger partial charge in [-0.2, -0.15) is 16.8 Å².